The van der Waals surface area contributed by atoms with Crippen molar-refractivity contribution in [1.29, 1.82) is 5.26 Å². The van der Waals surface area contributed by atoms with Crippen LogP contribution in [0.5, 0.6) is 0 Å². The van der Waals surface area contributed by atoms with Gasteiger partial charge in [0.25, 0.3) is 0 Å². The number of benzene rings is 1. The fraction of sp³-hybridized carbons (Fsp3) is 0.350. The molecule has 6 heteroatoms. The van der Waals surface area contributed by atoms with Gasteiger partial charge in [0.2, 0.25) is 0 Å². The molecule has 0 saturated carbocycles. The van der Waals surface area contributed by atoms with E-state index in [0.717, 1.165) is 30.4 Å². The Balaban J connectivity index is 2.34. The maximum atomic E-state index is 12.1. The number of imidazole rings is 1. The molecule has 0 N–H and O–H groups in total. The van der Waals surface area contributed by atoms with E-state index in [2.05, 4.69) is 18.0 Å². The smallest absolute Gasteiger partial charge is 0.338 e. The molecule has 0 radical (unpaired) electrons. The van der Waals surface area contributed by atoms with E-state index in [0.29, 0.717) is 39.6 Å². The Morgan fingerprint density at radius 3 is 2.81 bits per heavy atom. The largest absolute Gasteiger partial charge is 0.462 e. The number of halogens is 1. The van der Waals surface area contributed by atoms with Gasteiger partial charge in [-0.3, -0.25) is 4.40 Å². The third-order valence-corrected chi connectivity index (χ3v) is 4.95. The van der Waals surface area contributed by atoms with Crippen molar-refractivity contribution >= 4 is 34.3 Å². The van der Waals surface area contributed by atoms with Gasteiger partial charge in [0.1, 0.15) is 11.2 Å². The van der Waals surface area contributed by atoms with E-state index >= 15 is 0 Å². The van der Waals surface area contributed by atoms with E-state index in [-0.39, 0.29) is 5.97 Å². The SMILES string of the molecule is CCCCc1c(C)c(C#N)c2nc3ccc(C(=O)OCC)cc3n2c1Cl. The number of aromatic nitrogens is 2. The summed E-state index contributed by atoms with van der Waals surface area (Å²) in [5, 5.41) is 10.2. The fourth-order valence-electron chi connectivity index (χ4n) is 3.17. The molecule has 0 aliphatic heterocycles. The van der Waals surface area contributed by atoms with Crippen molar-refractivity contribution in [3.05, 3.63) is 45.6 Å². The third-order valence-electron chi connectivity index (χ3n) is 4.55. The molecule has 3 rings (SSSR count). The van der Waals surface area contributed by atoms with Crippen LogP contribution in [0, 0.1) is 18.3 Å². The Morgan fingerprint density at radius 2 is 2.15 bits per heavy atom. The monoisotopic (exact) mass is 369 g/mol. The molecular weight excluding hydrogens is 350 g/mol. The molecule has 134 valence electrons. The predicted molar refractivity (Wildman–Crippen MR) is 102 cm³/mol. The summed E-state index contributed by atoms with van der Waals surface area (Å²) in [6.07, 6.45) is 2.81. The Morgan fingerprint density at radius 1 is 1.38 bits per heavy atom. The number of unbranched alkanes of at least 4 members (excludes halogenated alkanes) is 1. The van der Waals surface area contributed by atoms with Crippen molar-refractivity contribution in [1.82, 2.24) is 9.38 Å². The van der Waals surface area contributed by atoms with Gasteiger partial charge in [-0.2, -0.15) is 5.26 Å². The minimum atomic E-state index is -0.390. The van der Waals surface area contributed by atoms with Crippen molar-refractivity contribution in [3.63, 3.8) is 0 Å². The molecule has 2 aromatic heterocycles. The topological polar surface area (TPSA) is 67.4 Å². The Bertz CT molecular complexity index is 1050. The van der Waals surface area contributed by atoms with Crippen LogP contribution in [-0.4, -0.2) is 22.0 Å². The van der Waals surface area contributed by atoms with Gasteiger partial charge < -0.3 is 4.74 Å². The summed E-state index contributed by atoms with van der Waals surface area (Å²) < 4.78 is 6.86. The molecule has 5 nitrogen and oxygen atoms in total. The maximum Gasteiger partial charge on any atom is 0.338 e. The van der Waals surface area contributed by atoms with Gasteiger partial charge in [-0.25, -0.2) is 9.78 Å². The van der Waals surface area contributed by atoms with Crippen molar-refractivity contribution < 1.29 is 9.53 Å². The van der Waals surface area contributed by atoms with Crippen LogP contribution >= 0.6 is 11.6 Å². The normalized spacial score (nSPS) is 11.0. The zero-order valence-corrected chi connectivity index (χ0v) is 15.9. The van der Waals surface area contributed by atoms with Crippen LogP contribution in [0.2, 0.25) is 5.15 Å². The molecule has 26 heavy (non-hydrogen) atoms. The van der Waals surface area contributed by atoms with Crippen molar-refractivity contribution in [2.75, 3.05) is 6.61 Å². The van der Waals surface area contributed by atoms with Crippen LogP contribution in [0.25, 0.3) is 16.7 Å². The second-order valence-electron chi connectivity index (χ2n) is 6.18. The summed E-state index contributed by atoms with van der Waals surface area (Å²) in [4.78, 5) is 16.7. The number of hydrogen-bond donors (Lipinski definition) is 0. The summed E-state index contributed by atoms with van der Waals surface area (Å²) >= 11 is 6.72. The summed E-state index contributed by atoms with van der Waals surface area (Å²) in [6, 6.07) is 7.42. The molecule has 0 fully saturated rings. The Labute approximate surface area is 157 Å². The fourth-order valence-corrected chi connectivity index (χ4v) is 3.58. The average Bonchev–Trinajstić information content (AvgIpc) is 3.00. The number of esters is 1. The van der Waals surface area contributed by atoms with Gasteiger partial charge in [-0.15, -0.1) is 0 Å². The van der Waals surface area contributed by atoms with Crippen LogP contribution in [0.1, 0.15) is 53.7 Å². The number of carbonyl (C=O) groups excluding carboxylic acids is 1. The molecule has 0 atom stereocenters. The zero-order chi connectivity index (χ0) is 18.8. The standard InChI is InChI=1S/C20H20ClN3O2/c1-4-6-7-14-12(3)15(11-22)19-23-16-9-8-13(20(25)26-5-2)10-17(16)24(19)18(14)21/h8-10H,4-7H2,1-3H3. The lowest BCUT2D eigenvalue weighted by molar-refractivity contribution is 0.0526. The molecule has 0 aliphatic carbocycles. The molecular formula is C20H20ClN3O2. The highest BCUT2D eigenvalue weighted by molar-refractivity contribution is 6.31. The predicted octanol–water partition coefficient (Wildman–Crippen LogP) is 4.84. The van der Waals surface area contributed by atoms with Crippen LogP contribution in [0.3, 0.4) is 0 Å². The first-order chi connectivity index (χ1) is 12.5. The first kappa shape index (κ1) is 18.2. The number of fused-ring (bicyclic) bond motifs is 3. The molecule has 0 unspecified atom stereocenters. The first-order valence-electron chi connectivity index (χ1n) is 8.73. The number of nitriles is 1. The molecule has 0 saturated heterocycles. The van der Waals surface area contributed by atoms with Gasteiger partial charge in [-0.05, 0) is 56.0 Å². The van der Waals surface area contributed by atoms with Crippen LogP contribution in [0.15, 0.2) is 18.2 Å². The van der Waals surface area contributed by atoms with E-state index in [4.69, 9.17) is 16.3 Å². The number of rotatable bonds is 5. The van der Waals surface area contributed by atoms with Gasteiger partial charge in [-0.1, -0.05) is 24.9 Å². The molecule has 3 aromatic rings. The molecule has 0 amide bonds. The summed E-state index contributed by atoms with van der Waals surface area (Å²) in [5.74, 6) is -0.390. The van der Waals surface area contributed by atoms with E-state index in [9.17, 15) is 10.1 Å². The maximum absolute atomic E-state index is 12.1. The second-order valence-corrected chi connectivity index (χ2v) is 6.54. The van der Waals surface area contributed by atoms with Crippen molar-refractivity contribution in [2.24, 2.45) is 0 Å². The first-order valence-corrected chi connectivity index (χ1v) is 9.11. The number of nitrogens with zero attached hydrogens (tertiary/aromatic N) is 3. The van der Waals surface area contributed by atoms with Gasteiger partial charge >= 0.3 is 5.97 Å². The number of pyridine rings is 1. The van der Waals surface area contributed by atoms with Gasteiger partial charge in [0.15, 0.2) is 5.65 Å². The minimum Gasteiger partial charge on any atom is -0.462 e. The highest BCUT2D eigenvalue weighted by Crippen LogP contribution is 2.32. The molecule has 0 bridgehead atoms. The van der Waals surface area contributed by atoms with Crippen molar-refractivity contribution in [3.8, 4) is 6.07 Å². The van der Waals surface area contributed by atoms with Crippen LogP contribution < -0.4 is 0 Å². The summed E-state index contributed by atoms with van der Waals surface area (Å²) in [7, 11) is 0. The Kier molecular flexibility index (Phi) is 5.15. The average molecular weight is 370 g/mol. The quantitative estimate of drug-likeness (QED) is 0.476. The summed E-state index contributed by atoms with van der Waals surface area (Å²) in [6.45, 7) is 6.11. The van der Waals surface area contributed by atoms with Crippen LogP contribution in [0.4, 0.5) is 0 Å². The molecule has 2 heterocycles. The third kappa shape index (κ3) is 2.91. The van der Waals surface area contributed by atoms with E-state index in [1.54, 1.807) is 29.5 Å². The number of ether oxygens (including phenoxy) is 1. The lowest BCUT2D eigenvalue weighted by atomic mass is 10.0. The highest BCUT2D eigenvalue weighted by atomic mass is 35.5. The minimum absolute atomic E-state index is 0.309. The highest BCUT2D eigenvalue weighted by Gasteiger charge is 2.20. The number of hydrogen-bond acceptors (Lipinski definition) is 4. The van der Waals surface area contributed by atoms with E-state index < -0.39 is 0 Å². The zero-order valence-electron chi connectivity index (χ0n) is 15.1. The lowest BCUT2D eigenvalue weighted by Crippen LogP contribution is -2.05. The Hall–Kier alpha value is -2.58. The number of carbonyl (C=O) groups is 1. The van der Waals surface area contributed by atoms with Crippen molar-refractivity contribution in [2.45, 2.75) is 40.0 Å². The molecule has 1 aromatic carbocycles. The second kappa shape index (κ2) is 7.35. The molecule has 0 spiro atoms. The van der Waals surface area contributed by atoms with Gasteiger partial charge in [0.05, 0.1) is 28.8 Å². The van der Waals surface area contributed by atoms with Gasteiger partial charge in [0, 0.05) is 0 Å². The lowest BCUT2D eigenvalue weighted by Gasteiger charge is -2.13. The molecule has 0 aliphatic rings. The van der Waals surface area contributed by atoms with Crippen LogP contribution in [-0.2, 0) is 11.2 Å². The summed E-state index contributed by atoms with van der Waals surface area (Å²) in [5.41, 5.74) is 4.69. The van der Waals surface area contributed by atoms with E-state index in [1.807, 2.05) is 6.92 Å². The van der Waals surface area contributed by atoms with E-state index in [1.165, 1.54) is 0 Å².